The molecule has 1 amide bonds. The number of benzene rings is 1. The molecule has 21 heavy (non-hydrogen) atoms. The van der Waals surface area contributed by atoms with Gasteiger partial charge in [0.1, 0.15) is 4.90 Å². The third-order valence-corrected chi connectivity index (χ3v) is 4.49. The van der Waals surface area contributed by atoms with Crippen molar-refractivity contribution in [2.75, 3.05) is 0 Å². The summed E-state index contributed by atoms with van der Waals surface area (Å²) in [4.78, 5) is 15.8. The fourth-order valence-electron chi connectivity index (χ4n) is 1.71. The van der Waals surface area contributed by atoms with Gasteiger partial charge in [0.05, 0.1) is 5.92 Å². The summed E-state index contributed by atoms with van der Waals surface area (Å²) in [6.45, 7) is 1.61. The van der Waals surface area contributed by atoms with Gasteiger partial charge in [-0.25, -0.2) is 13.1 Å². The molecule has 0 radical (unpaired) electrons. The van der Waals surface area contributed by atoms with Crippen molar-refractivity contribution in [3.63, 3.8) is 0 Å². The van der Waals surface area contributed by atoms with E-state index in [0.717, 1.165) is 0 Å². The Morgan fingerprint density at radius 2 is 2.05 bits per heavy atom. The predicted octanol–water partition coefficient (Wildman–Crippen LogP) is 2.34. The van der Waals surface area contributed by atoms with Crippen LogP contribution in [0.4, 0.5) is 0 Å². The molecule has 0 fully saturated rings. The van der Waals surface area contributed by atoms with E-state index in [1.54, 1.807) is 31.2 Å². The topological polar surface area (TPSA) is 76.1 Å². The number of halogens is 1. The van der Waals surface area contributed by atoms with Crippen LogP contribution in [0.1, 0.15) is 18.4 Å². The number of hydrogen-bond donors (Lipinski definition) is 1. The van der Waals surface area contributed by atoms with Crippen molar-refractivity contribution in [3.05, 3.63) is 59.4 Å². The number of rotatable bonds is 4. The number of nitrogens with zero attached hydrogens (tertiary/aromatic N) is 1. The monoisotopic (exact) mass is 324 g/mol. The zero-order valence-corrected chi connectivity index (χ0v) is 12.7. The number of sulfonamides is 1. The van der Waals surface area contributed by atoms with E-state index < -0.39 is 21.8 Å². The molecule has 1 N–H and O–H groups in total. The Labute approximate surface area is 128 Å². The molecular formula is C14H13ClN2O3S. The second kappa shape index (κ2) is 6.24. The first-order valence-corrected chi connectivity index (χ1v) is 7.98. The molecule has 7 heteroatoms. The van der Waals surface area contributed by atoms with Gasteiger partial charge in [0.2, 0.25) is 5.91 Å². The molecule has 0 aliphatic rings. The van der Waals surface area contributed by atoms with Crippen molar-refractivity contribution < 1.29 is 13.2 Å². The number of hydrogen-bond acceptors (Lipinski definition) is 4. The van der Waals surface area contributed by atoms with Crippen molar-refractivity contribution in [2.24, 2.45) is 0 Å². The Morgan fingerprint density at radius 1 is 1.29 bits per heavy atom. The van der Waals surface area contributed by atoms with Crippen molar-refractivity contribution in [3.8, 4) is 0 Å². The Morgan fingerprint density at radius 3 is 2.67 bits per heavy atom. The van der Waals surface area contributed by atoms with E-state index in [-0.39, 0.29) is 4.90 Å². The Kier molecular flexibility index (Phi) is 4.59. The maximum absolute atomic E-state index is 12.1. The van der Waals surface area contributed by atoms with Crippen LogP contribution in [0.25, 0.3) is 0 Å². The van der Waals surface area contributed by atoms with E-state index >= 15 is 0 Å². The minimum absolute atomic E-state index is 0.0587. The Bertz CT molecular complexity index is 748. The highest BCUT2D eigenvalue weighted by Gasteiger charge is 2.22. The fraction of sp³-hybridized carbons (Fsp3) is 0.143. The summed E-state index contributed by atoms with van der Waals surface area (Å²) in [6, 6.07) is 9.58. The lowest BCUT2D eigenvalue weighted by Crippen LogP contribution is -2.33. The van der Waals surface area contributed by atoms with Crippen molar-refractivity contribution >= 4 is 27.5 Å². The van der Waals surface area contributed by atoms with Crippen LogP contribution < -0.4 is 4.72 Å². The molecule has 2 aromatic rings. The van der Waals surface area contributed by atoms with Crippen molar-refractivity contribution in [2.45, 2.75) is 17.7 Å². The molecule has 5 nitrogen and oxygen atoms in total. The summed E-state index contributed by atoms with van der Waals surface area (Å²) in [5.41, 5.74) is 0.640. The molecule has 0 spiro atoms. The molecule has 1 heterocycles. The van der Waals surface area contributed by atoms with Crippen molar-refractivity contribution in [1.82, 2.24) is 9.71 Å². The first-order valence-electron chi connectivity index (χ1n) is 6.12. The lowest BCUT2D eigenvalue weighted by molar-refractivity contribution is -0.120. The van der Waals surface area contributed by atoms with E-state index in [2.05, 4.69) is 4.98 Å². The maximum atomic E-state index is 12.1. The average molecular weight is 325 g/mol. The van der Waals surface area contributed by atoms with E-state index in [4.69, 9.17) is 11.6 Å². The maximum Gasteiger partial charge on any atom is 0.265 e. The van der Waals surface area contributed by atoms with Gasteiger partial charge in [-0.1, -0.05) is 23.7 Å². The zero-order valence-electron chi connectivity index (χ0n) is 11.2. The summed E-state index contributed by atoms with van der Waals surface area (Å²) >= 11 is 5.86. The van der Waals surface area contributed by atoms with Gasteiger partial charge in [-0.05, 0) is 36.8 Å². The first-order chi connectivity index (χ1) is 9.90. The van der Waals surface area contributed by atoms with E-state index in [1.807, 2.05) is 4.72 Å². The van der Waals surface area contributed by atoms with Crippen LogP contribution in [0.3, 0.4) is 0 Å². The lowest BCUT2D eigenvalue weighted by atomic mass is 10.0. The van der Waals surface area contributed by atoms with Crippen LogP contribution in [0, 0.1) is 0 Å². The third-order valence-electron chi connectivity index (χ3n) is 2.92. The summed E-state index contributed by atoms with van der Waals surface area (Å²) in [5.74, 6) is -1.27. The largest absolute Gasteiger partial charge is 0.273 e. The predicted molar refractivity (Wildman–Crippen MR) is 79.4 cm³/mol. The fourth-order valence-corrected chi connectivity index (χ4v) is 2.93. The molecular weight excluding hydrogens is 312 g/mol. The van der Waals surface area contributed by atoms with Gasteiger partial charge in [-0.15, -0.1) is 0 Å². The zero-order chi connectivity index (χ0) is 15.5. The average Bonchev–Trinajstić information content (AvgIpc) is 2.47. The van der Waals surface area contributed by atoms with Gasteiger partial charge in [0.25, 0.3) is 10.0 Å². The molecule has 1 atom stereocenters. The molecule has 1 aromatic heterocycles. The number of amides is 1. The van der Waals surface area contributed by atoms with E-state index in [9.17, 15) is 13.2 Å². The molecule has 1 unspecified atom stereocenters. The molecule has 0 bridgehead atoms. The van der Waals surface area contributed by atoms with E-state index in [1.165, 1.54) is 24.5 Å². The molecule has 0 aliphatic heterocycles. The molecule has 0 saturated heterocycles. The number of aromatic nitrogens is 1. The van der Waals surface area contributed by atoms with Crippen LogP contribution >= 0.6 is 11.6 Å². The summed E-state index contributed by atoms with van der Waals surface area (Å²) in [6.07, 6.45) is 2.63. The van der Waals surface area contributed by atoms with Gasteiger partial charge in [0.15, 0.2) is 0 Å². The normalized spacial score (nSPS) is 12.7. The second-order valence-electron chi connectivity index (χ2n) is 4.44. The highest BCUT2D eigenvalue weighted by molar-refractivity contribution is 7.90. The van der Waals surface area contributed by atoms with Gasteiger partial charge < -0.3 is 0 Å². The van der Waals surface area contributed by atoms with E-state index in [0.29, 0.717) is 10.6 Å². The standard InChI is InChI=1S/C14H13ClN2O3S/c1-10(11-4-2-5-12(15)8-11)14(18)17-21(19,20)13-6-3-7-16-9-13/h2-10H,1H3,(H,17,18). The summed E-state index contributed by atoms with van der Waals surface area (Å²) in [5, 5.41) is 0.488. The second-order valence-corrected chi connectivity index (χ2v) is 6.55. The number of pyridine rings is 1. The van der Waals surface area contributed by atoms with Crippen LogP contribution in [0.2, 0.25) is 5.02 Å². The number of carbonyl (C=O) groups is 1. The smallest absolute Gasteiger partial charge is 0.265 e. The number of carbonyl (C=O) groups excluding carboxylic acids is 1. The Hall–Kier alpha value is -1.92. The third kappa shape index (κ3) is 3.80. The molecule has 1 aromatic carbocycles. The minimum Gasteiger partial charge on any atom is -0.273 e. The van der Waals surface area contributed by atoms with Crippen LogP contribution in [0.15, 0.2) is 53.7 Å². The van der Waals surface area contributed by atoms with Gasteiger partial charge in [-0.2, -0.15) is 0 Å². The molecule has 2 rings (SSSR count). The first kappa shape index (κ1) is 15.5. The lowest BCUT2D eigenvalue weighted by Gasteiger charge is -2.13. The minimum atomic E-state index is -3.92. The van der Waals surface area contributed by atoms with Crippen LogP contribution in [0.5, 0.6) is 0 Å². The highest BCUT2D eigenvalue weighted by atomic mass is 35.5. The quantitative estimate of drug-likeness (QED) is 0.936. The molecule has 110 valence electrons. The van der Waals surface area contributed by atoms with Gasteiger partial charge in [-0.3, -0.25) is 9.78 Å². The van der Waals surface area contributed by atoms with Crippen LogP contribution in [-0.4, -0.2) is 19.3 Å². The van der Waals surface area contributed by atoms with Crippen LogP contribution in [-0.2, 0) is 14.8 Å². The SMILES string of the molecule is CC(C(=O)NS(=O)(=O)c1cccnc1)c1cccc(Cl)c1. The number of nitrogens with one attached hydrogen (secondary N) is 1. The highest BCUT2D eigenvalue weighted by Crippen LogP contribution is 2.20. The van der Waals surface area contributed by atoms with Gasteiger partial charge in [0, 0.05) is 17.4 Å². The molecule has 0 aliphatic carbocycles. The Balaban J connectivity index is 2.18. The van der Waals surface area contributed by atoms with Gasteiger partial charge >= 0.3 is 0 Å². The summed E-state index contributed by atoms with van der Waals surface area (Å²) in [7, 11) is -3.92. The summed E-state index contributed by atoms with van der Waals surface area (Å²) < 4.78 is 26.1. The molecule has 0 saturated carbocycles. The van der Waals surface area contributed by atoms with Crippen molar-refractivity contribution in [1.29, 1.82) is 0 Å².